The summed E-state index contributed by atoms with van der Waals surface area (Å²) in [5, 5.41) is 13.5. The fourth-order valence-electron chi connectivity index (χ4n) is 2.13. The van der Waals surface area contributed by atoms with Gasteiger partial charge in [0.2, 0.25) is 0 Å². The molecule has 0 aliphatic carbocycles. The van der Waals surface area contributed by atoms with E-state index in [2.05, 4.69) is 9.99 Å². The average molecular weight is 264 g/mol. The molecule has 2 rings (SSSR count). The van der Waals surface area contributed by atoms with Crippen LogP contribution in [0.4, 0.5) is 0 Å². The van der Waals surface area contributed by atoms with Gasteiger partial charge in [-0.15, -0.1) is 10.1 Å². The minimum Gasteiger partial charge on any atom is -0.390 e. The molecule has 6 nitrogen and oxygen atoms in total. The molecule has 6 heteroatoms. The Morgan fingerprint density at radius 3 is 2.79 bits per heavy atom. The molecule has 0 amide bonds. The monoisotopic (exact) mass is 264 g/mol. The van der Waals surface area contributed by atoms with Crippen molar-refractivity contribution >= 4 is 5.71 Å². The maximum Gasteiger partial charge on any atom is 0.294 e. The molecule has 1 atom stereocenters. The van der Waals surface area contributed by atoms with Crippen LogP contribution in [-0.2, 0) is 9.68 Å². The molecule has 0 spiro atoms. The van der Waals surface area contributed by atoms with E-state index in [9.17, 15) is 10.1 Å². The lowest BCUT2D eigenvalue weighted by Gasteiger charge is -2.33. The van der Waals surface area contributed by atoms with E-state index in [1.165, 1.54) is 0 Å². The Hall–Kier alpha value is -2.11. The highest BCUT2D eigenvalue weighted by Gasteiger charge is 2.34. The number of nitrogens with zero attached hydrogens (tertiary/aromatic N) is 2. The van der Waals surface area contributed by atoms with E-state index in [1.54, 1.807) is 0 Å². The Bertz CT molecular complexity index is 485. The van der Waals surface area contributed by atoms with E-state index in [1.807, 2.05) is 44.2 Å². The molecule has 0 fully saturated rings. The average Bonchev–Trinajstić information content (AvgIpc) is 2.37. The Balaban J connectivity index is 2.23. The fraction of sp³-hybridized carbons (Fsp3) is 0.462. The second-order valence-corrected chi connectivity index (χ2v) is 5.10. The van der Waals surface area contributed by atoms with Gasteiger partial charge in [-0.05, 0) is 19.4 Å². The number of oxime groups is 1. The van der Waals surface area contributed by atoms with Crippen molar-refractivity contribution in [1.29, 1.82) is 0 Å². The SMILES string of the molecule is CC1(C)CC(c2ccccc2)C(CO[N+](=O)[O-])=NO1. The van der Waals surface area contributed by atoms with E-state index in [0.717, 1.165) is 5.56 Å². The lowest BCUT2D eigenvalue weighted by Crippen LogP contribution is -2.35. The summed E-state index contributed by atoms with van der Waals surface area (Å²) in [5.41, 5.74) is 1.21. The second-order valence-electron chi connectivity index (χ2n) is 5.10. The van der Waals surface area contributed by atoms with Gasteiger partial charge >= 0.3 is 0 Å². The summed E-state index contributed by atoms with van der Waals surface area (Å²) in [5.74, 6) is -0.0232. The van der Waals surface area contributed by atoms with Crippen molar-refractivity contribution in [3.05, 3.63) is 46.0 Å². The molecule has 1 aliphatic rings. The van der Waals surface area contributed by atoms with Crippen molar-refractivity contribution < 1.29 is 14.8 Å². The summed E-state index contributed by atoms with van der Waals surface area (Å²) >= 11 is 0. The lowest BCUT2D eigenvalue weighted by atomic mass is 9.84. The maximum absolute atomic E-state index is 10.3. The van der Waals surface area contributed by atoms with Crippen LogP contribution >= 0.6 is 0 Å². The molecule has 0 bridgehead atoms. The van der Waals surface area contributed by atoms with Crippen LogP contribution in [0, 0.1) is 10.1 Å². The molecule has 102 valence electrons. The topological polar surface area (TPSA) is 74.0 Å². The molecular weight excluding hydrogens is 248 g/mol. The summed E-state index contributed by atoms with van der Waals surface area (Å²) in [6.45, 7) is 3.72. The number of rotatable bonds is 4. The van der Waals surface area contributed by atoms with Gasteiger partial charge in [-0.3, -0.25) is 0 Å². The standard InChI is InChI=1S/C13H16N2O4/c1-13(2)8-11(10-6-4-3-5-7-10)12(14-19-13)9-18-15(16)17/h3-7,11H,8-9H2,1-2H3. The van der Waals surface area contributed by atoms with E-state index in [-0.39, 0.29) is 12.5 Å². The summed E-state index contributed by atoms with van der Waals surface area (Å²) in [7, 11) is 0. The third kappa shape index (κ3) is 3.43. The van der Waals surface area contributed by atoms with Gasteiger partial charge in [0.1, 0.15) is 12.2 Å². The molecule has 1 unspecified atom stereocenters. The van der Waals surface area contributed by atoms with Crippen LogP contribution < -0.4 is 0 Å². The van der Waals surface area contributed by atoms with Crippen molar-refractivity contribution in [2.45, 2.75) is 31.8 Å². The van der Waals surface area contributed by atoms with Gasteiger partial charge in [0, 0.05) is 12.3 Å². The summed E-state index contributed by atoms with van der Waals surface area (Å²) in [6, 6.07) is 9.76. The van der Waals surface area contributed by atoms with Crippen molar-refractivity contribution in [2.24, 2.45) is 5.16 Å². The number of hydrogen-bond donors (Lipinski definition) is 0. The van der Waals surface area contributed by atoms with Crippen molar-refractivity contribution in [1.82, 2.24) is 0 Å². The van der Waals surface area contributed by atoms with Gasteiger partial charge in [-0.25, -0.2) is 0 Å². The molecule has 1 aliphatic heterocycles. The quantitative estimate of drug-likeness (QED) is 0.618. The predicted octanol–water partition coefficient (Wildman–Crippen LogP) is 2.53. The first-order valence-electron chi connectivity index (χ1n) is 6.05. The van der Waals surface area contributed by atoms with Crippen LogP contribution in [0.5, 0.6) is 0 Å². The van der Waals surface area contributed by atoms with Crippen molar-refractivity contribution in [3.8, 4) is 0 Å². The first-order chi connectivity index (χ1) is 8.98. The summed E-state index contributed by atoms with van der Waals surface area (Å²) in [6.07, 6.45) is 0.705. The first-order valence-corrected chi connectivity index (χ1v) is 6.05. The lowest BCUT2D eigenvalue weighted by molar-refractivity contribution is -0.754. The van der Waals surface area contributed by atoms with E-state index < -0.39 is 10.7 Å². The van der Waals surface area contributed by atoms with Crippen LogP contribution in [-0.4, -0.2) is 23.0 Å². The molecule has 0 saturated carbocycles. The van der Waals surface area contributed by atoms with Gasteiger partial charge in [0.05, 0.1) is 5.71 Å². The Morgan fingerprint density at radius 2 is 2.16 bits per heavy atom. The van der Waals surface area contributed by atoms with E-state index in [4.69, 9.17) is 4.84 Å². The maximum atomic E-state index is 10.3. The van der Waals surface area contributed by atoms with E-state index in [0.29, 0.717) is 12.1 Å². The Labute approximate surface area is 111 Å². The number of hydrogen-bond acceptors (Lipinski definition) is 5. The molecule has 0 aromatic heterocycles. The number of benzene rings is 1. The zero-order valence-electron chi connectivity index (χ0n) is 10.9. The summed E-state index contributed by atoms with van der Waals surface area (Å²) < 4.78 is 0. The van der Waals surface area contributed by atoms with Crippen LogP contribution in [0.3, 0.4) is 0 Å². The minimum absolute atomic E-state index is 0.0232. The molecule has 19 heavy (non-hydrogen) atoms. The molecule has 1 aromatic carbocycles. The van der Waals surface area contributed by atoms with Gasteiger partial charge < -0.3 is 9.68 Å². The smallest absolute Gasteiger partial charge is 0.294 e. The van der Waals surface area contributed by atoms with Gasteiger partial charge in [0.15, 0.2) is 0 Å². The highest BCUT2D eigenvalue weighted by molar-refractivity contribution is 5.92. The van der Waals surface area contributed by atoms with Gasteiger partial charge in [-0.1, -0.05) is 35.5 Å². The van der Waals surface area contributed by atoms with Gasteiger partial charge in [-0.2, -0.15) is 0 Å². The molecular formula is C13H16N2O4. The molecule has 1 aromatic rings. The Kier molecular flexibility index (Phi) is 3.69. The van der Waals surface area contributed by atoms with Crippen LogP contribution in [0.1, 0.15) is 31.7 Å². The van der Waals surface area contributed by atoms with E-state index >= 15 is 0 Å². The molecule has 0 N–H and O–H groups in total. The molecule has 0 radical (unpaired) electrons. The van der Waals surface area contributed by atoms with Crippen LogP contribution in [0.15, 0.2) is 35.5 Å². The predicted molar refractivity (Wildman–Crippen MR) is 69.3 cm³/mol. The van der Waals surface area contributed by atoms with Crippen molar-refractivity contribution in [3.63, 3.8) is 0 Å². The highest BCUT2D eigenvalue weighted by atomic mass is 16.9. The Morgan fingerprint density at radius 1 is 1.47 bits per heavy atom. The second kappa shape index (κ2) is 5.26. The third-order valence-corrected chi connectivity index (χ3v) is 3.03. The summed E-state index contributed by atoms with van der Waals surface area (Å²) in [4.78, 5) is 20.1. The van der Waals surface area contributed by atoms with Gasteiger partial charge in [0.25, 0.3) is 5.09 Å². The normalized spacial score (nSPS) is 21.2. The minimum atomic E-state index is -0.815. The zero-order valence-corrected chi connectivity index (χ0v) is 10.9. The first kappa shape index (κ1) is 13.3. The fourth-order valence-corrected chi connectivity index (χ4v) is 2.13. The molecule has 1 heterocycles. The third-order valence-electron chi connectivity index (χ3n) is 3.03. The highest BCUT2D eigenvalue weighted by Crippen LogP contribution is 2.33. The largest absolute Gasteiger partial charge is 0.390 e. The zero-order chi connectivity index (χ0) is 13.9. The van der Waals surface area contributed by atoms with Crippen LogP contribution in [0.25, 0.3) is 0 Å². The van der Waals surface area contributed by atoms with Crippen LogP contribution in [0.2, 0.25) is 0 Å². The van der Waals surface area contributed by atoms with Crippen molar-refractivity contribution in [2.75, 3.05) is 6.61 Å². The molecule has 0 saturated heterocycles.